The van der Waals surface area contributed by atoms with Crippen molar-refractivity contribution in [2.45, 2.75) is 39.4 Å². The molecule has 0 radical (unpaired) electrons. The first-order chi connectivity index (χ1) is 8.78. The average Bonchev–Trinajstić information content (AvgIpc) is 2.25. The van der Waals surface area contributed by atoms with Crippen molar-refractivity contribution >= 4 is 11.4 Å². The molecule has 1 atom stereocenters. The van der Waals surface area contributed by atoms with Crippen LogP contribution in [-0.2, 0) is 4.74 Å². The Balaban J connectivity index is 2.27. The van der Waals surface area contributed by atoms with Crippen LogP contribution in [0.25, 0.3) is 0 Å². The van der Waals surface area contributed by atoms with Gasteiger partial charge in [0.25, 0.3) is 5.69 Å². The van der Waals surface area contributed by atoms with Crippen LogP contribution in [0.15, 0.2) is 18.2 Å². The second-order valence-corrected chi connectivity index (χ2v) is 5.80. The number of morpholine rings is 1. The van der Waals surface area contributed by atoms with E-state index in [9.17, 15) is 10.1 Å². The highest BCUT2D eigenvalue weighted by Crippen LogP contribution is 2.29. The summed E-state index contributed by atoms with van der Waals surface area (Å²) in [4.78, 5) is 12.7. The van der Waals surface area contributed by atoms with Gasteiger partial charge in [0.05, 0.1) is 16.6 Å². The fourth-order valence-electron chi connectivity index (χ4n) is 2.69. The maximum absolute atomic E-state index is 10.8. The molecule has 0 aromatic heterocycles. The summed E-state index contributed by atoms with van der Waals surface area (Å²) in [6.07, 6.45) is 0.152. The number of benzene rings is 1. The highest BCUT2D eigenvalue weighted by Gasteiger charge is 2.31. The molecule has 0 aliphatic carbocycles. The summed E-state index contributed by atoms with van der Waals surface area (Å²) in [6, 6.07) is 5.28. The average molecular weight is 264 g/mol. The van der Waals surface area contributed by atoms with E-state index < -0.39 is 0 Å². The van der Waals surface area contributed by atoms with E-state index in [1.54, 1.807) is 13.0 Å². The quantitative estimate of drug-likeness (QED) is 0.608. The number of hydrogen-bond donors (Lipinski definition) is 0. The van der Waals surface area contributed by atoms with Gasteiger partial charge in [-0.25, -0.2) is 0 Å². The second kappa shape index (κ2) is 4.81. The van der Waals surface area contributed by atoms with Gasteiger partial charge in [-0.1, -0.05) is 0 Å². The molecule has 0 N–H and O–H groups in total. The molecule has 1 heterocycles. The van der Waals surface area contributed by atoms with E-state index in [-0.39, 0.29) is 22.3 Å². The van der Waals surface area contributed by atoms with Crippen LogP contribution in [-0.4, -0.2) is 29.7 Å². The molecule has 104 valence electrons. The summed E-state index contributed by atoms with van der Waals surface area (Å²) >= 11 is 0. The molecule has 1 aliphatic heterocycles. The summed E-state index contributed by atoms with van der Waals surface area (Å²) in [5, 5.41) is 10.8. The lowest BCUT2D eigenvalue weighted by atomic mass is 10.0. The summed E-state index contributed by atoms with van der Waals surface area (Å²) in [5.74, 6) is 0. The minimum Gasteiger partial charge on any atom is -0.369 e. The van der Waals surface area contributed by atoms with E-state index in [4.69, 9.17) is 4.74 Å². The van der Waals surface area contributed by atoms with Crippen molar-refractivity contribution in [1.29, 1.82) is 0 Å². The molecule has 1 aromatic rings. The first-order valence-corrected chi connectivity index (χ1v) is 6.46. The normalized spacial score (nSPS) is 22.3. The Morgan fingerprint density at radius 2 is 2.16 bits per heavy atom. The Bertz CT molecular complexity index is 499. The zero-order valence-corrected chi connectivity index (χ0v) is 11.8. The van der Waals surface area contributed by atoms with Gasteiger partial charge < -0.3 is 9.64 Å². The largest absolute Gasteiger partial charge is 0.369 e. The number of rotatable bonds is 2. The third kappa shape index (κ3) is 3.04. The molecule has 1 saturated heterocycles. The predicted octanol–water partition coefficient (Wildman–Crippen LogP) is 2.91. The van der Waals surface area contributed by atoms with E-state index in [0.29, 0.717) is 5.56 Å². The topological polar surface area (TPSA) is 55.6 Å². The number of anilines is 1. The van der Waals surface area contributed by atoms with Crippen LogP contribution in [0.4, 0.5) is 11.4 Å². The van der Waals surface area contributed by atoms with Gasteiger partial charge in [0.2, 0.25) is 0 Å². The number of nitrogens with zero attached hydrogens (tertiary/aromatic N) is 2. The first kappa shape index (κ1) is 13.8. The molecule has 2 rings (SSSR count). The third-order valence-corrected chi connectivity index (χ3v) is 3.31. The van der Waals surface area contributed by atoms with Gasteiger partial charge in [0, 0.05) is 30.4 Å². The molecule has 19 heavy (non-hydrogen) atoms. The van der Waals surface area contributed by atoms with Gasteiger partial charge in [-0.2, -0.15) is 0 Å². The standard InChI is InChI=1S/C14H20N2O3/c1-10-7-12(5-6-13(10)16(17)18)15-8-11(2)19-14(3,4)9-15/h5-7,11H,8-9H2,1-4H3. The SMILES string of the molecule is Cc1cc(N2CC(C)OC(C)(C)C2)ccc1[N+](=O)[O-]. The van der Waals surface area contributed by atoms with Crippen molar-refractivity contribution in [1.82, 2.24) is 0 Å². The third-order valence-electron chi connectivity index (χ3n) is 3.31. The predicted molar refractivity (Wildman–Crippen MR) is 74.7 cm³/mol. The van der Waals surface area contributed by atoms with Gasteiger partial charge in [-0.15, -0.1) is 0 Å². The van der Waals surface area contributed by atoms with Crippen LogP contribution in [0.3, 0.4) is 0 Å². The molecule has 1 fully saturated rings. The molecule has 5 heteroatoms. The molecule has 0 saturated carbocycles. The number of nitro groups is 1. The minimum atomic E-state index is -0.342. The van der Waals surface area contributed by atoms with Gasteiger partial charge >= 0.3 is 0 Å². The van der Waals surface area contributed by atoms with E-state index in [1.165, 1.54) is 0 Å². The zero-order chi connectivity index (χ0) is 14.2. The van der Waals surface area contributed by atoms with Crippen LogP contribution < -0.4 is 4.90 Å². The fraction of sp³-hybridized carbons (Fsp3) is 0.571. The summed E-state index contributed by atoms with van der Waals surface area (Å²) in [7, 11) is 0. The fourth-order valence-corrected chi connectivity index (χ4v) is 2.69. The van der Waals surface area contributed by atoms with Crippen LogP contribution in [0.2, 0.25) is 0 Å². The Labute approximate surface area is 113 Å². The molecule has 1 unspecified atom stereocenters. The lowest BCUT2D eigenvalue weighted by Gasteiger charge is -2.43. The van der Waals surface area contributed by atoms with E-state index in [0.717, 1.165) is 18.8 Å². The van der Waals surface area contributed by atoms with Crippen molar-refractivity contribution in [3.05, 3.63) is 33.9 Å². The van der Waals surface area contributed by atoms with E-state index in [2.05, 4.69) is 18.7 Å². The highest BCUT2D eigenvalue weighted by molar-refractivity contribution is 5.55. The van der Waals surface area contributed by atoms with Crippen molar-refractivity contribution in [2.24, 2.45) is 0 Å². The first-order valence-electron chi connectivity index (χ1n) is 6.46. The smallest absolute Gasteiger partial charge is 0.272 e. The molecule has 0 amide bonds. The van der Waals surface area contributed by atoms with Crippen LogP contribution in [0.1, 0.15) is 26.3 Å². The molecule has 1 aromatic carbocycles. The van der Waals surface area contributed by atoms with E-state index in [1.807, 2.05) is 19.1 Å². The minimum absolute atomic E-state index is 0.152. The number of nitro benzene ring substituents is 1. The summed E-state index contributed by atoms with van der Waals surface area (Å²) in [5.41, 5.74) is 1.68. The molecule has 5 nitrogen and oxygen atoms in total. The summed E-state index contributed by atoms with van der Waals surface area (Å²) < 4.78 is 5.87. The highest BCUT2D eigenvalue weighted by atomic mass is 16.6. The number of hydrogen-bond acceptors (Lipinski definition) is 4. The van der Waals surface area contributed by atoms with Gasteiger partial charge in [0.1, 0.15) is 0 Å². The lowest BCUT2D eigenvalue weighted by Crippen LogP contribution is -2.52. The molecule has 0 spiro atoms. The van der Waals surface area contributed by atoms with Crippen LogP contribution in [0.5, 0.6) is 0 Å². The summed E-state index contributed by atoms with van der Waals surface area (Å²) in [6.45, 7) is 9.54. The monoisotopic (exact) mass is 264 g/mol. The molecule has 1 aliphatic rings. The van der Waals surface area contributed by atoms with Crippen LogP contribution >= 0.6 is 0 Å². The second-order valence-electron chi connectivity index (χ2n) is 5.80. The maximum Gasteiger partial charge on any atom is 0.272 e. The van der Waals surface area contributed by atoms with Crippen LogP contribution in [0, 0.1) is 17.0 Å². The van der Waals surface area contributed by atoms with Crippen molar-refractivity contribution in [2.75, 3.05) is 18.0 Å². The number of ether oxygens (including phenoxy) is 1. The lowest BCUT2D eigenvalue weighted by molar-refractivity contribution is -0.385. The van der Waals surface area contributed by atoms with Crippen molar-refractivity contribution in [3.8, 4) is 0 Å². The molecular weight excluding hydrogens is 244 g/mol. The Hall–Kier alpha value is -1.62. The van der Waals surface area contributed by atoms with Crippen molar-refractivity contribution in [3.63, 3.8) is 0 Å². The van der Waals surface area contributed by atoms with Gasteiger partial charge in [0.15, 0.2) is 0 Å². The van der Waals surface area contributed by atoms with Gasteiger partial charge in [-0.05, 0) is 39.8 Å². The van der Waals surface area contributed by atoms with Crippen molar-refractivity contribution < 1.29 is 9.66 Å². The Kier molecular flexibility index (Phi) is 3.49. The number of aryl methyl sites for hydroxylation is 1. The maximum atomic E-state index is 10.8. The van der Waals surface area contributed by atoms with E-state index >= 15 is 0 Å². The molecule has 0 bridgehead atoms. The Morgan fingerprint density at radius 1 is 1.47 bits per heavy atom. The molecular formula is C14H20N2O3. The zero-order valence-electron chi connectivity index (χ0n) is 11.8. The Morgan fingerprint density at radius 3 is 2.68 bits per heavy atom. The van der Waals surface area contributed by atoms with Gasteiger partial charge in [-0.3, -0.25) is 10.1 Å².